The molecule has 0 aromatic rings. The summed E-state index contributed by atoms with van der Waals surface area (Å²) >= 11 is 0. The van der Waals surface area contributed by atoms with E-state index in [1.165, 1.54) is 0 Å². The average Bonchev–Trinajstić information content (AvgIpc) is 3.36. The molecule has 0 radical (unpaired) electrons. The molecule has 0 fully saturated rings. The van der Waals surface area contributed by atoms with Gasteiger partial charge in [0.2, 0.25) is 0 Å². The van der Waals surface area contributed by atoms with Crippen molar-refractivity contribution in [1.82, 2.24) is 0 Å². The average molecular weight is 850 g/mol. The van der Waals surface area contributed by atoms with E-state index in [-0.39, 0.29) is 5.57 Å². The number of nitrogens with zero attached hydrogens (tertiary/aromatic N) is 2. The minimum Gasteiger partial charge on any atom is -0.192 e. The van der Waals surface area contributed by atoms with E-state index >= 15 is 0 Å². The molecule has 0 aromatic carbocycles. The van der Waals surface area contributed by atoms with E-state index in [0.29, 0.717) is 83.2 Å². The van der Waals surface area contributed by atoms with Crippen LogP contribution in [0.5, 0.6) is 0 Å². The summed E-state index contributed by atoms with van der Waals surface area (Å²) < 4.78 is 0. The van der Waals surface area contributed by atoms with Gasteiger partial charge in [0.1, 0.15) is 50.0 Å². The van der Waals surface area contributed by atoms with Crippen LogP contribution in [0.4, 0.5) is 0 Å². The number of rotatable bonds is 12. The summed E-state index contributed by atoms with van der Waals surface area (Å²) in [5.41, 5.74) is 24.8. The highest BCUT2D eigenvalue weighted by Crippen LogP contribution is 2.47. The maximum Gasteiger partial charge on any atom is 0.146 e. The van der Waals surface area contributed by atoms with Gasteiger partial charge in [0.05, 0.1) is 22.3 Å². The lowest BCUT2D eigenvalue weighted by Crippen LogP contribution is -2.43. The van der Waals surface area contributed by atoms with Gasteiger partial charge in [0.25, 0.3) is 0 Å². The zero-order chi connectivity index (χ0) is 45.5. The molecule has 318 valence electrons. The quantitative estimate of drug-likeness (QED) is 0.112. The Kier molecular flexibility index (Phi) is 19.5. The Labute approximate surface area is 365 Å². The molecule has 0 aliphatic heterocycles. The van der Waals surface area contributed by atoms with Gasteiger partial charge in [-0.15, -0.1) is 22.2 Å². The SMILES string of the molecule is CC(C)[Si](C#CC1=C(C#C[Si](C(C)C)(C(C)C)C(C)C)C(=C(C#N)C#N)C(C#C[Si](C(C)C)(C(C)C)C(C)C)=C1C#C[Si](C(C)C)(C(C)C)C(C)C)(C(C)C)C(C)C. The normalized spacial score (nSPS) is 14.3. The van der Waals surface area contributed by atoms with E-state index in [0.717, 1.165) is 11.1 Å². The monoisotopic (exact) mass is 849 g/mol. The fourth-order valence-electron chi connectivity index (χ4n) is 11.9. The Balaban J connectivity index is 5.33. The van der Waals surface area contributed by atoms with Crippen molar-refractivity contribution in [2.24, 2.45) is 0 Å². The lowest BCUT2D eigenvalue weighted by atomic mass is 9.98. The van der Waals surface area contributed by atoms with E-state index in [9.17, 15) is 10.5 Å². The maximum atomic E-state index is 10.8. The second-order valence-electron chi connectivity index (χ2n) is 21.1. The second kappa shape index (κ2) is 21.2. The summed E-state index contributed by atoms with van der Waals surface area (Å²) in [6.07, 6.45) is 0. The van der Waals surface area contributed by atoms with Gasteiger partial charge in [0, 0.05) is 5.57 Å². The van der Waals surface area contributed by atoms with Crippen LogP contribution in [0.1, 0.15) is 166 Å². The molecule has 0 bridgehead atoms. The molecular weight excluding hydrogens is 765 g/mol. The van der Waals surface area contributed by atoms with Crippen molar-refractivity contribution in [2.75, 3.05) is 0 Å². The van der Waals surface area contributed by atoms with E-state index < -0.39 is 32.3 Å². The highest BCUT2D eigenvalue weighted by Gasteiger charge is 2.46. The molecule has 0 amide bonds. The Morgan fingerprint density at radius 3 is 0.586 bits per heavy atom. The van der Waals surface area contributed by atoms with Gasteiger partial charge in [-0.2, -0.15) is 10.5 Å². The smallest absolute Gasteiger partial charge is 0.146 e. The molecular formula is C52H84N2Si4. The van der Waals surface area contributed by atoms with Crippen molar-refractivity contribution in [3.05, 3.63) is 33.4 Å². The van der Waals surface area contributed by atoms with E-state index in [4.69, 9.17) is 0 Å². The van der Waals surface area contributed by atoms with Crippen LogP contribution in [0.15, 0.2) is 33.4 Å². The third-order valence-electron chi connectivity index (χ3n) is 14.8. The predicted molar refractivity (Wildman–Crippen MR) is 268 cm³/mol. The Hall–Kier alpha value is -2.69. The molecule has 0 heterocycles. The topological polar surface area (TPSA) is 47.6 Å². The summed E-state index contributed by atoms with van der Waals surface area (Å²) in [5.74, 6) is 15.4. The Morgan fingerprint density at radius 1 is 0.293 bits per heavy atom. The van der Waals surface area contributed by atoms with Crippen LogP contribution in [0.3, 0.4) is 0 Å². The molecule has 0 aromatic heterocycles. The fourth-order valence-corrected chi connectivity index (χ4v) is 32.8. The molecule has 0 spiro atoms. The minimum absolute atomic E-state index is 0.0571. The molecule has 6 heteroatoms. The molecule has 1 aliphatic rings. The third-order valence-corrected chi connectivity index (χ3v) is 40.0. The molecule has 0 N–H and O–H groups in total. The molecule has 1 aliphatic carbocycles. The van der Waals surface area contributed by atoms with E-state index in [1.807, 2.05) is 0 Å². The van der Waals surface area contributed by atoms with Gasteiger partial charge in [-0.1, -0.05) is 190 Å². The minimum atomic E-state index is -2.25. The van der Waals surface area contributed by atoms with Gasteiger partial charge in [-0.3, -0.25) is 0 Å². The van der Waals surface area contributed by atoms with Crippen LogP contribution >= 0.6 is 0 Å². The van der Waals surface area contributed by atoms with Gasteiger partial charge in [-0.25, -0.2) is 0 Å². The predicted octanol–water partition coefficient (Wildman–Crippen LogP) is 15.8. The van der Waals surface area contributed by atoms with Gasteiger partial charge >= 0.3 is 0 Å². The number of hydrogen-bond donors (Lipinski definition) is 0. The molecule has 0 saturated carbocycles. The Morgan fingerprint density at radius 2 is 0.448 bits per heavy atom. The molecule has 58 heavy (non-hydrogen) atoms. The van der Waals surface area contributed by atoms with Crippen LogP contribution in [0.2, 0.25) is 66.5 Å². The van der Waals surface area contributed by atoms with Crippen molar-refractivity contribution in [3.8, 4) is 58.0 Å². The van der Waals surface area contributed by atoms with E-state index in [1.54, 1.807) is 0 Å². The molecule has 0 saturated heterocycles. The first-order valence-electron chi connectivity index (χ1n) is 22.8. The summed E-state index contributed by atoms with van der Waals surface area (Å²) in [6.45, 7) is 56.2. The summed E-state index contributed by atoms with van der Waals surface area (Å²) in [7, 11) is -8.97. The third kappa shape index (κ3) is 9.91. The first-order chi connectivity index (χ1) is 26.6. The van der Waals surface area contributed by atoms with Crippen LogP contribution in [0, 0.1) is 68.5 Å². The van der Waals surface area contributed by atoms with Crippen LogP contribution in [-0.4, -0.2) is 32.3 Å². The molecule has 0 atom stereocenters. The molecule has 1 rings (SSSR count). The fraction of sp³-hybridized carbons (Fsp3) is 0.692. The van der Waals surface area contributed by atoms with E-state index in [2.05, 4.69) is 224 Å². The first kappa shape index (κ1) is 53.3. The van der Waals surface area contributed by atoms with Crippen LogP contribution in [0.25, 0.3) is 0 Å². The van der Waals surface area contributed by atoms with Gasteiger partial charge < -0.3 is 0 Å². The standard InChI is InChI=1S/C52H84N2Si4/c1-35(2)55(36(3)4,37(5)6)29-25-48-49(26-30-56(38(7)8,39(9)10)40(11)12)51(28-32-58(44(19)20,45(21)22)46(23)24)52(47(33-53)34-54)50(48)27-31-57(41(13)14,42(15)16)43(17)18/h35-46H,1-24H3. The second-order valence-corrected chi connectivity index (χ2v) is 43.4. The highest BCUT2D eigenvalue weighted by molar-refractivity contribution is 6.92. The summed E-state index contributed by atoms with van der Waals surface area (Å²) in [6, 6.07) is 4.68. The van der Waals surface area contributed by atoms with Crippen molar-refractivity contribution < 1.29 is 0 Å². The van der Waals surface area contributed by atoms with Crippen molar-refractivity contribution in [1.29, 1.82) is 10.5 Å². The number of allylic oxidation sites excluding steroid dienone is 6. The highest BCUT2D eigenvalue weighted by atomic mass is 28.3. The van der Waals surface area contributed by atoms with Crippen molar-refractivity contribution in [3.63, 3.8) is 0 Å². The number of hydrogen-bond acceptors (Lipinski definition) is 2. The Bertz CT molecular complexity index is 1690. The van der Waals surface area contributed by atoms with Crippen LogP contribution in [-0.2, 0) is 0 Å². The summed E-state index contributed by atoms with van der Waals surface area (Å²) in [5, 5.41) is 21.6. The lowest BCUT2D eigenvalue weighted by Gasteiger charge is -2.38. The van der Waals surface area contributed by atoms with Gasteiger partial charge in [-0.05, 0) is 66.5 Å². The molecule has 2 nitrogen and oxygen atoms in total. The lowest BCUT2D eigenvalue weighted by molar-refractivity contribution is 0.838. The zero-order valence-electron chi connectivity index (χ0n) is 41.8. The number of nitriles is 2. The zero-order valence-corrected chi connectivity index (χ0v) is 45.8. The summed E-state index contributed by atoms with van der Waals surface area (Å²) in [4.78, 5) is 0. The van der Waals surface area contributed by atoms with Gasteiger partial charge in [0.15, 0.2) is 0 Å². The molecule has 0 unspecified atom stereocenters. The largest absolute Gasteiger partial charge is 0.192 e. The maximum absolute atomic E-state index is 10.8. The van der Waals surface area contributed by atoms with Crippen molar-refractivity contribution in [2.45, 2.75) is 233 Å². The first-order valence-corrected chi connectivity index (χ1v) is 31.7. The van der Waals surface area contributed by atoms with Crippen LogP contribution < -0.4 is 0 Å². The van der Waals surface area contributed by atoms with Crippen molar-refractivity contribution >= 4 is 32.3 Å².